The van der Waals surface area contributed by atoms with E-state index in [1.54, 1.807) is 23.1 Å². The molecule has 0 bridgehead atoms. The lowest BCUT2D eigenvalue weighted by Gasteiger charge is -1.97. The van der Waals surface area contributed by atoms with Crippen LogP contribution in [-0.4, -0.2) is 19.7 Å². The third-order valence-corrected chi connectivity index (χ3v) is 1.75. The molecule has 2 heterocycles. The highest BCUT2D eigenvalue weighted by molar-refractivity contribution is 6.29. The number of hydrogen-bond donors (Lipinski definition) is 0. The normalized spacial score (nSPS) is 10.3. The molecule has 2 rings (SSSR count). The van der Waals surface area contributed by atoms with Crippen molar-refractivity contribution in [3.05, 3.63) is 35.4 Å². The topological polar surface area (TPSA) is 43.6 Å². The standard InChI is InChI=1S/C8H7ClN4/c1-6-3-5-13(12-6)8-10-4-2-7(9)11-8/h2-5H,1H3. The lowest BCUT2D eigenvalue weighted by atomic mass is 10.5. The number of nitrogens with zero attached hydrogens (tertiary/aromatic N) is 4. The van der Waals surface area contributed by atoms with Gasteiger partial charge in [0.25, 0.3) is 5.95 Å². The first-order valence-corrected chi connectivity index (χ1v) is 4.15. The Hall–Kier alpha value is -1.42. The van der Waals surface area contributed by atoms with Crippen LogP contribution in [0.4, 0.5) is 0 Å². The van der Waals surface area contributed by atoms with E-state index in [0.717, 1.165) is 5.69 Å². The Labute approximate surface area is 80.2 Å². The summed E-state index contributed by atoms with van der Waals surface area (Å²) in [5.41, 5.74) is 0.920. The lowest BCUT2D eigenvalue weighted by molar-refractivity contribution is 0.797. The van der Waals surface area contributed by atoms with Crippen molar-refractivity contribution in [2.24, 2.45) is 0 Å². The summed E-state index contributed by atoms with van der Waals surface area (Å²) in [6.07, 6.45) is 3.39. The van der Waals surface area contributed by atoms with Crippen molar-refractivity contribution in [2.45, 2.75) is 6.92 Å². The van der Waals surface area contributed by atoms with Crippen LogP contribution in [0, 0.1) is 6.92 Å². The largest absolute Gasteiger partial charge is 0.251 e. The zero-order valence-electron chi connectivity index (χ0n) is 6.98. The molecule has 0 aliphatic heterocycles. The van der Waals surface area contributed by atoms with Gasteiger partial charge in [0.05, 0.1) is 5.69 Å². The molecule has 0 unspecified atom stereocenters. The van der Waals surface area contributed by atoms with Crippen molar-refractivity contribution in [3.63, 3.8) is 0 Å². The van der Waals surface area contributed by atoms with E-state index in [1.165, 1.54) is 0 Å². The third kappa shape index (κ3) is 1.67. The van der Waals surface area contributed by atoms with E-state index in [0.29, 0.717) is 11.1 Å². The minimum Gasteiger partial charge on any atom is -0.220 e. The second-order valence-corrected chi connectivity index (χ2v) is 2.97. The van der Waals surface area contributed by atoms with Crippen molar-refractivity contribution in [1.29, 1.82) is 0 Å². The van der Waals surface area contributed by atoms with Crippen LogP contribution in [0.3, 0.4) is 0 Å². The summed E-state index contributed by atoms with van der Waals surface area (Å²) in [6, 6.07) is 3.51. The van der Waals surface area contributed by atoms with E-state index >= 15 is 0 Å². The summed E-state index contributed by atoms with van der Waals surface area (Å²) in [4.78, 5) is 8.04. The van der Waals surface area contributed by atoms with E-state index in [-0.39, 0.29) is 0 Å². The van der Waals surface area contributed by atoms with Gasteiger partial charge >= 0.3 is 0 Å². The van der Waals surface area contributed by atoms with Gasteiger partial charge in [-0.05, 0) is 19.1 Å². The molecule has 0 fully saturated rings. The highest BCUT2D eigenvalue weighted by Gasteiger charge is 2.00. The molecule has 0 N–H and O–H groups in total. The molecule has 2 aromatic heterocycles. The number of aryl methyl sites for hydroxylation is 1. The Morgan fingerprint density at radius 3 is 2.85 bits per heavy atom. The minimum atomic E-state index is 0.415. The molecule has 0 saturated heterocycles. The van der Waals surface area contributed by atoms with Gasteiger partial charge in [-0.2, -0.15) is 10.1 Å². The zero-order chi connectivity index (χ0) is 9.26. The van der Waals surface area contributed by atoms with Crippen LogP contribution in [-0.2, 0) is 0 Å². The van der Waals surface area contributed by atoms with Crippen LogP contribution >= 0.6 is 11.6 Å². The van der Waals surface area contributed by atoms with E-state index < -0.39 is 0 Å². The third-order valence-electron chi connectivity index (χ3n) is 1.54. The second kappa shape index (κ2) is 3.14. The summed E-state index contributed by atoms with van der Waals surface area (Å²) in [6.45, 7) is 1.90. The Balaban J connectivity index is 2.46. The van der Waals surface area contributed by atoms with Gasteiger partial charge in [-0.25, -0.2) is 9.67 Å². The number of hydrogen-bond acceptors (Lipinski definition) is 3. The minimum absolute atomic E-state index is 0.415. The molecule has 0 aliphatic carbocycles. The fourth-order valence-electron chi connectivity index (χ4n) is 0.964. The van der Waals surface area contributed by atoms with Gasteiger partial charge in [0, 0.05) is 12.4 Å². The molecule has 0 radical (unpaired) electrons. The maximum atomic E-state index is 5.71. The molecular weight excluding hydrogens is 188 g/mol. The smallest absolute Gasteiger partial charge is 0.220 e. The highest BCUT2D eigenvalue weighted by atomic mass is 35.5. The average molecular weight is 195 g/mol. The van der Waals surface area contributed by atoms with Crippen molar-refractivity contribution in [3.8, 4) is 5.95 Å². The van der Waals surface area contributed by atoms with Gasteiger partial charge in [0.15, 0.2) is 0 Å². The predicted octanol–water partition coefficient (Wildman–Crippen LogP) is 1.62. The Bertz CT molecular complexity index is 424. The van der Waals surface area contributed by atoms with Crippen molar-refractivity contribution in [1.82, 2.24) is 19.7 Å². The Morgan fingerprint density at radius 1 is 1.38 bits per heavy atom. The van der Waals surface area contributed by atoms with Crippen LogP contribution in [0.5, 0.6) is 0 Å². The SMILES string of the molecule is Cc1ccn(-c2nccc(Cl)n2)n1. The molecule has 0 atom stereocenters. The van der Waals surface area contributed by atoms with Gasteiger partial charge in [0.2, 0.25) is 0 Å². The first-order chi connectivity index (χ1) is 6.25. The molecule has 2 aromatic rings. The number of aromatic nitrogens is 4. The van der Waals surface area contributed by atoms with Crippen molar-refractivity contribution < 1.29 is 0 Å². The molecule has 0 spiro atoms. The quantitative estimate of drug-likeness (QED) is 0.648. The average Bonchev–Trinajstić information content (AvgIpc) is 2.52. The first kappa shape index (κ1) is 8.19. The summed E-state index contributed by atoms with van der Waals surface area (Å²) in [5.74, 6) is 0.487. The van der Waals surface area contributed by atoms with Crippen molar-refractivity contribution >= 4 is 11.6 Å². The van der Waals surface area contributed by atoms with Crippen LogP contribution in [0.2, 0.25) is 5.15 Å². The van der Waals surface area contributed by atoms with Crippen LogP contribution in [0.1, 0.15) is 5.69 Å². The predicted molar refractivity (Wildman–Crippen MR) is 48.9 cm³/mol. The molecule has 0 aromatic carbocycles. The zero-order valence-corrected chi connectivity index (χ0v) is 7.73. The fourth-order valence-corrected chi connectivity index (χ4v) is 1.10. The Morgan fingerprint density at radius 2 is 2.23 bits per heavy atom. The molecular formula is C8H7ClN4. The van der Waals surface area contributed by atoms with Crippen LogP contribution in [0.25, 0.3) is 5.95 Å². The van der Waals surface area contributed by atoms with E-state index in [2.05, 4.69) is 15.1 Å². The first-order valence-electron chi connectivity index (χ1n) is 3.77. The van der Waals surface area contributed by atoms with Crippen LogP contribution in [0.15, 0.2) is 24.5 Å². The molecule has 13 heavy (non-hydrogen) atoms. The fraction of sp³-hybridized carbons (Fsp3) is 0.125. The van der Waals surface area contributed by atoms with Gasteiger partial charge in [-0.3, -0.25) is 0 Å². The monoisotopic (exact) mass is 194 g/mol. The summed E-state index contributed by atoms with van der Waals surface area (Å²) in [5, 5.41) is 4.57. The Kier molecular flexibility index (Phi) is 1.98. The van der Waals surface area contributed by atoms with Crippen molar-refractivity contribution in [2.75, 3.05) is 0 Å². The highest BCUT2D eigenvalue weighted by Crippen LogP contribution is 2.05. The lowest BCUT2D eigenvalue weighted by Crippen LogP contribution is -2.01. The number of halogens is 1. The van der Waals surface area contributed by atoms with Gasteiger partial charge in [0.1, 0.15) is 5.15 Å². The molecule has 66 valence electrons. The summed E-state index contributed by atoms with van der Waals surface area (Å²) < 4.78 is 1.58. The van der Waals surface area contributed by atoms with E-state index in [4.69, 9.17) is 11.6 Å². The van der Waals surface area contributed by atoms with Gasteiger partial charge in [-0.15, -0.1) is 0 Å². The molecule has 4 nitrogen and oxygen atoms in total. The molecule has 0 aliphatic rings. The molecule has 0 amide bonds. The summed E-state index contributed by atoms with van der Waals surface area (Å²) in [7, 11) is 0. The maximum absolute atomic E-state index is 5.71. The molecule has 0 saturated carbocycles. The molecule has 5 heteroatoms. The van der Waals surface area contributed by atoms with Gasteiger partial charge < -0.3 is 0 Å². The van der Waals surface area contributed by atoms with Crippen LogP contribution < -0.4 is 0 Å². The second-order valence-electron chi connectivity index (χ2n) is 2.58. The van der Waals surface area contributed by atoms with E-state index in [1.807, 2.05) is 13.0 Å². The number of rotatable bonds is 1. The van der Waals surface area contributed by atoms with E-state index in [9.17, 15) is 0 Å². The maximum Gasteiger partial charge on any atom is 0.251 e. The van der Waals surface area contributed by atoms with Gasteiger partial charge in [-0.1, -0.05) is 11.6 Å². The summed E-state index contributed by atoms with van der Waals surface area (Å²) >= 11 is 5.71.